The maximum absolute atomic E-state index is 12.0. The SMILES string of the molecule is COc1ccc(C(=O)COC(=O)CNS(=O)(=O)c2ccccc2)cc1. The molecule has 0 saturated carbocycles. The van der Waals surface area contributed by atoms with Gasteiger partial charge in [-0.15, -0.1) is 0 Å². The Hall–Kier alpha value is -2.71. The van der Waals surface area contributed by atoms with Crippen molar-refractivity contribution in [2.24, 2.45) is 0 Å². The summed E-state index contributed by atoms with van der Waals surface area (Å²) in [7, 11) is -2.29. The third-order valence-corrected chi connectivity index (χ3v) is 4.65. The second-order valence-corrected chi connectivity index (χ2v) is 6.72. The van der Waals surface area contributed by atoms with E-state index in [4.69, 9.17) is 9.47 Å². The molecule has 0 unspecified atom stereocenters. The van der Waals surface area contributed by atoms with Gasteiger partial charge in [-0.3, -0.25) is 9.59 Å². The Balaban J connectivity index is 1.83. The Kier molecular flexibility index (Phi) is 6.26. The Labute approximate surface area is 145 Å². The van der Waals surface area contributed by atoms with Crippen molar-refractivity contribution in [3.05, 3.63) is 60.2 Å². The average Bonchev–Trinajstić information content (AvgIpc) is 2.65. The molecule has 2 aromatic rings. The maximum atomic E-state index is 12.0. The number of nitrogens with one attached hydrogen (secondary N) is 1. The number of methoxy groups -OCH3 is 1. The van der Waals surface area contributed by atoms with Crippen LogP contribution in [0, 0.1) is 0 Å². The van der Waals surface area contributed by atoms with Crippen LogP contribution in [0.2, 0.25) is 0 Å². The maximum Gasteiger partial charge on any atom is 0.321 e. The van der Waals surface area contributed by atoms with Gasteiger partial charge < -0.3 is 9.47 Å². The number of hydrogen-bond acceptors (Lipinski definition) is 6. The summed E-state index contributed by atoms with van der Waals surface area (Å²) in [6, 6.07) is 14.0. The zero-order valence-corrected chi connectivity index (χ0v) is 14.3. The van der Waals surface area contributed by atoms with Crippen molar-refractivity contribution in [2.45, 2.75) is 4.90 Å². The Bertz CT molecular complexity index is 831. The number of benzene rings is 2. The standard InChI is InChI=1S/C17H17NO6S/c1-23-14-9-7-13(8-10-14)16(19)12-24-17(20)11-18-25(21,22)15-5-3-2-4-6-15/h2-10,18H,11-12H2,1H3. The first kappa shape index (κ1) is 18.6. The van der Waals surface area contributed by atoms with E-state index in [0.717, 1.165) is 0 Å². The molecule has 0 fully saturated rings. The number of Topliss-reactive ketones (excluding diaryl/α,β-unsaturated/α-hetero) is 1. The summed E-state index contributed by atoms with van der Waals surface area (Å²) >= 11 is 0. The molecule has 0 bridgehead atoms. The van der Waals surface area contributed by atoms with Gasteiger partial charge in [0.2, 0.25) is 10.0 Å². The molecule has 0 saturated heterocycles. The van der Waals surface area contributed by atoms with Crippen LogP contribution in [-0.2, 0) is 19.6 Å². The molecule has 0 spiro atoms. The Morgan fingerprint density at radius 1 is 1.00 bits per heavy atom. The van der Waals surface area contributed by atoms with Gasteiger partial charge in [-0.25, -0.2) is 8.42 Å². The minimum atomic E-state index is -3.80. The zero-order valence-electron chi connectivity index (χ0n) is 13.5. The van der Waals surface area contributed by atoms with Crippen LogP contribution in [0.4, 0.5) is 0 Å². The number of ether oxygens (including phenoxy) is 2. The zero-order chi connectivity index (χ0) is 18.3. The van der Waals surface area contributed by atoms with Gasteiger partial charge in [-0.1, -0.05) is 18.2 Å². The number of ketones is 1. The summed E-state index contributed by atoms with van der Waals surface area (Å²) in [5.74, 6) is -0.646. The van der Waals surface area contributed by atoms with E-state index in [2.05, 4.69) is 4.72 Å². The second kappa shape index (κ2) is 8.41. The number of rotatable bonds is 8. The fourth-order valence-corrected chi connectivity index (χ4v) is 2.88. The predicted octanol–water partition coefficient (Wildman–Crippen LogP) is 1.40. The highest BCUT2D eigenvalue weighted by Crippen LogP contribution is 2.12. The van der Waals surface area contributed by atoms with Gasteiger partial charge in [-0.2, -0.15) is 4.72 Å². The topological polar surface area (TPSA) is 98.8 Å². The van der Waals surface area contributed by atoms with Crippen LogP contribution < -0.4 is 9.46 Å². The molecule has 0 heterocycles. The molecule has 0 amide bonds. The van der Waals surface area contributed by atoms with Crippen LogP contribution in [-0.4, -0.2) is 40.4 Å². The highest BCUT2D eigenvalue weighted by molar-refractivity contribution is 7.89. The predicted molar refractivity (Wildman–Crippen MR) is 89.9 cm³/mol. The lowest BCUT2D eigenvalue weighted by molar-refractivity contribution is -0.141. The largest absolute Gasteiger partial charge is 0.497 e. The summed E-state index contributed by atoms with van der Waals surface area (Å²) in [6.45, 7) is -1.04. The molecule has 132 valence electrons. The third-order valence-electron chi connectivity index (χ3n) is 3.24. The van der Waals surface area contributed by atoms with E-state index in [1.54, 1.807) is 42.5 Å². The van der Waals surface area contributed by atoms with Gasteiger partial charge in [0.25, 0.3) is 0 Å². The smallest absolute Gasteiger partial charge is 0.321 e. The molecule has 7 nitrogen and oxygen atoms in total. The number of hydrogen-bond donors (Lipinski definition) is 1. The molecule has 0 radical (unpaired) electrons. The summed E-state index contributed by atoms with van der Waals surface area (Å²) in [5, 5.41) is 0. The van der Waals surface area contributed by atoms with Gasteiger partial charge >= 0.3 is 5.97 Å². The van der Waals surface area contributed by atoms with Gasteiger partial charge in [0.05, 0.1) is 12.0 Å². The Morgan fingerprint density at radius 2 is 1.64 bits per heavy atom. The van der Waals surface area contributed by atoms with Crippen LogP contribution in [0.1, 0.15) is 10.4 Å². The molecule has 0 aliphatic heterocycles. The van der Waals surface area contributed by atoms with E-state index in [1.807, 2.05) is 0 Å². The monoisotopic (exact) mass is 363 g/mol. The van der Waals surface area contributed by atoms with Crippen molar-refractivity contribution in [2.75, 3.05) is 20.3 Å². The number of esters is 1. The summed E-state index contributed by atoms with van der Waals surface area (Å²) in [4.78, 5) is 23.6. The third kappa shape index (κ3) is 5.40. The minimum absolute atomic E-state index is 0.0390. The van der Waals surface area contributed by atoms with E-state index in [-0.39, 0.29) is 4.90 Å². The molecule has 0 aromatic heterocycles. The quantitative estimate of drug-likeness (QED) is 0.562. The van der Waals surface area contributed by atoms with Crippen molar-refractivity contribution in [1.82, 2.24) is 4.72 Å². The number of carbonyl (C=O) groups excluding carboxylic acids is 2. The minimum Gasteiger partial charge on any atom is -0.497 e. The highest BCUT2D eigenvalue weighted by atomic mass is 32.2. The van der Waals surface area contributed by atoms with E-state index in [9.17, 15) is 18.0 Å². The van der Waals surface area contributed by atoms with Crippen molar-refractivity contribution in [3.63, 3.8) is 0 Å². The van der Waals surface area contributed by atoms with Crippen LogP contribution >= 0.6 is 0 Å². The summed E-state index contributed by atoms with van der Waals surface area (Å²) < 4.78 is 35.8. The number of sulfonamides is 1. The first-order valence-corrected chi connectivity index (χ1v) is 8.78. The van der Waals surface area contributed by atoms with Crippen LogP contribution in [0.5, 0.6) is 5.75 Å². The molecule has 0 atom stereocenters. The fourth-order valence-electron chi connectivity index (χ4n) is 1.89. The van der Waals surface area contributed by atoms with Crippen molar-refractivity contribution in [3.8, 4) is 5.75 Å². The summed E-state index contributed by atoms with van der Waals surface area (Å²) in [5.41, 5.74) is 0.360. The van der Waals surface area contributed by atoms with Crippen LogP contribution in [0.25, 0.3) is 0 Å². The van der Waals surface area contributed by atoms with Crippen molar-refractivity contribution >= 4 is 21.8 Å². The molecule has 2 rings (SSSR count). The normalized spacial score (nSPS) is 10.9. The molecular weight excluding hydrogens is 346 g/mol. The van der Waals surface area contributed by atoms with Gasteiger partial charge in [0, 0.05) is 5.56 Å². The highest BCUT2D eigenvalue weighted by Gasteiger charge is 2.16. The molecule has 1 N–H and O–H groups in total. The van der Waals surface area contributed by atoms with Gasteiger partial charge in [0.1, 0.15) is 12.3 Å². The lowest BCUT2D eigenvalue weighted by Crippen LogP contribution is -2.31. The molecule has 8 heteroatoms. The molecule has 0 aliphatic carbocycles. The van der Waals surface area contributed by atoms with E-state index in [0.29, 0.717) is 11.3 Å². The van der Waals surface area contributed by atoms with E-state index in [1.165, 1.54) is 19.2 Å². The van der Waals surface area contributed by atoms with Gasteiger partial charge in [-0.05, 0) is 36.4 Å². The van der Waals surface area contributed by atoms with Crippen molar-refractivity contribution in [1.29, 1.82) is 0 Å². The first-order valence-electron chi connectivity index (χ1n) is 7.30. The lowest BCUT2D eigenvalue weighted by atomic mass is 10.1. The average molecular weight is 363 g/mol. The van der Waals surface area contributed by atoms with Crippen LogP contribution in [0.3, 0.4) is 0 Å². The molecule has 25 heavy (non-hydrogen) atoms. The van der Waals surface area contributed by atoms with E-state index < -0.39 is 34.9 Å². The first-order chi connectivity index (χ1) is 11.9. The molecular formula is C17H17NO6S. The summed E-state index contributed by atoms with van der Waals surface area (Å²) in [6.07, 6.45) is 0. The van der Waals surface area contributed by atoms with Crippen molar-refractivity contribution < 1.29 is 27.5 Å². The van der Waals surface area contributed by atoms with Gasteiger partial charge in [0.15, 0.2) is 12.4 Å². The second-order valence-electron chi connectivity index (χ2n) is 4.95. The lowest BCUT2D eigenvalue weighted by Gasteiger charge is -2.07. The fraction of sp³-hybridized carbons (Fsp3) is 0.176. The van der Waals surface area contributed by atoms with E-state index >= 15 is 0 Å². The van der Waals surface area contributed by atoms with Crippen LogP contribution in [0.15, 0.2) is 59.5 Å². The molecule has 0 aliphatic rings. The Morgan fingerprint density at radius 3 is 2.24 bits per heavy atom. The number of carbonyl (C=O) groups is 2. The molecule has 2 aromatic carbocycles.